The topological polar surface area (TPSA) is 46.9 Å². The normalized spacial score (nSPS) is 16.3. The average molecular weight is 207 g/mol. The summed E-state index contributed by atoms with van der Waals surface area (Å²) < 4.78 is 1.77. The molecule has 0 atom stereocenters. The van der Waals surface area contributed by atoms with Crippen molar-refractivity contribution in [2.45, 2.75) is 19.3 Å². The van der Waals surface area contributed by atoms with Crippen molar-refractivity contribution in [3.63, 3.8) is 0 Å². The van der Waals surface area contributed by atoms with Gasteiger partial charge in [-0.05, 0) is 31.0 Å². The van der Waals surface area contributed by atoms with E-state index in [9.17, 15) is 4.79 Å². The van der Waals surface area contributed by atoms with Crippen molar-refractivity contribution in [1.82, 2.24) is 15.1 Å². The third-order valence-corrected chi connectivity index (χ3v) is 2.83. The van der Waals surface area contributed by atoms with Gasteiger partial charge in [0.2, 0.25) is 0 Å². The predicted octanol–water partition coefficient (Wildman–Crippen LogP) is 0.531. The van der Waals surface area contributed by atoms with Gasteiger partial charge in [-0.25, -0.2) is 0 Å². The molecule has 2 heterocycles. The molecule has 1 aliphatic rings. The first-order valence-electron chi connectivity index (χ1n) is 5.44. The lowest BCUT2D eigenvalue weighted by atomic mass is 9.94. The molecule has 0 spiro atoms. The van der Waals surface area contributed by atoms with Crippen molar-refractivity contribution >= 4 is 5.78 Å². The number of nitrogens with one attached hydrogen (secondary N) is 1. The first-order chi connectivity index (χ1) is 7.24. The number of carbonyl (C=O) groups is 1. The molecule has 0 saturated carbocycles. The largest absolute Gasteiger partial charge is 0.316 e. The van der Waals surface area contributed by atoms with Gasteiger partial charge in [-0.15, -0.1) is 0 Å². The maximum atomic E-state index is 11.6. The molecule has 1 aromatic rings. The van der Waals surface area contributed by atoms with Crippen molar-refractivity contribution in [3.8, 4) is 0 Å². The van der Waals surface area contributed by atoms with Crippen LogP contribution in [0.25, 0.3) is 0 Å². The average Bonchev–Trinajstić information content (AvgIpc) is 2.55. The fourth-order valence-electron chi connectivity index (χ4n) is 1.80. The smallest absolute Gasteiger partial charge is 0.133 e. The quantitative estimate of drug-likeness (QED) is 0.766. The van der Waals surface area contributed by atoms with Crippen LogP contribution in [-0.2, 0) is 18.3 Å². The summed E-state index contributed by atoms with van der Waals surface area (Å²) in [6, 6.07) is 0. The van der Waals surface area contributed by atoms with E-state index in [4.69, 9.17) is 0 Å². The summed E-state index contributed by atoms with van der Waals surface area (Å²) in [4.78, 5) is 11.6. The first-order valence-corrected chi connectivity index (χ1v) is 5.44. The second-order valence-electron chi connectivity index (χ2n) is 4.29. The summed E-state index contributed by atoms with van der Waals surface area (Å²) in [5, 5.41) is 7.26. The van der Waals surface area contributed by atoms with Crippen LogP contribution in [0.4, 0.5) is 0 Å². The van der Waals surface area contributed by atoms with Crippen molar-refractivity contribution < 1.29 is 4.79 Å². The van der Waals surface area contributed by atoms with Gasteiger partial charge in [0.05, 0.1) is 6.20 Å². The van der Waals surface area contributed by atoms with Crippen LogP contribution in [-0.4, -0.2) is 28.7 Å². The molecule has 0 bridgehead atoms. The third-order valence-electron chi connectivity index (χ3n) is 2.83. The van der Waals surface area contributed by atoms with Crippen LogP contribution in [0.15, 0.2) is 12.4 Å². The van der Waals surface area contributed by atoms with E-state index in [-0.39, 0.29) is 0 Å². The summed E-state index contributed by atoms with van der Waals surface area (Å²) in [5.41, 5.74) is 1.15. The Balaban J connectivity index is 1.70. The van der Waals surface area contributed by atoms with Crippen LogP contribution in [0.5, 0.6) is 0 Å². The molecule has 1 saturated heterocycles. The van der Waals surface area contributed by atoms with Crippen molar-refractivity contribution in [1.29, 1.82) is 0 Å². The number of nitrogens with zero attached hydrogens (tertiary/aromatic N) is 2. The van der Waals surface area contributed by atoms with Gasteiger partial charge in [0, 0.05) is 26.1 Å². The van der Waals surface area contributed by atoms with E-state index in [1.165, 1.54) is 0 Å². The van der Waals surface area contributed by atoms with Crippen LogP contribution >= 0.6 is 0 Å². The van der Waals surface area contributed by atoms with Crippen molar-refractivity contribution in [2.24, 2.45) is 13.0 Å². The van der Waals surface area contributed by atoms with Gasteiger partial charge < -0.3 is 5.32 Å². The number of rotatable bonds is 5. The van der Waals surface area contributed by atoms with Crippen LogP contribution in [0.3, 0.4) is 0 Å². The molecule has 4 heteroatoms. The minimum absolute atomic E-state index is 0.380. The molecule has 1 N–H and O–H groups in total. The van der Waals surface area contributed by atoms with E-state index in [2.05, 4.69) is 10.4 Å². The minimum atomic E-state index is 0.380. The number of Topliss-reactive ketones (excluding diaryl/α,β-unsaturated/α-hetero) is 1. The Hall–Kier alpha value is -1.16. The van der Waals surface area contributed by atoms with Gasteiger partial charge in [-0.3, -0.25) is 9.48 Å². The molecule has 0 radical (unpaired) electrons. The summed E-state index contributed by atoms with van der Waals surface area (Å²) in [6.07, 6.45) is 6.03. The molecule has 1 aliphatic heterocycles. The Bertz CT molecular complexity index is 341. The molecule has 1 fully saturated rings. The van der Waals surface area contributed by atoms with E-state index >= 15 is 0 Å². The standard InChI is InChI=1S/C11H17N3O/c1-14-8-9(7-13-14)2-3-11(15)4-10-5-12-6-10/h7-8,10,12H,2-6H2,1H3. The highest BCUT2D eigenvalue weighted by Crippen LogP contribution is 2.11. The number of ketones is 1. The molecule has 0 unspecified atom stereocenters. The molecule has 2 rings (SSSR count). The summed E-state index contributed by atoms with van der Waals surface area (Å²) in [5.74, 6) is 0.969. The maximum Gasteiger partial charge on any atom is 0.133 e. The van der Waals surface area contributed by atoms with Gasteiger partial charge in [0.15, 0.2) is 0 Å². The number of aryl methyl sites for hydroxylation is 2. The fraction of sp³-hybridized carbons (Fsp3) is 0.636. The molecule has 82 valence electrons. The van der Waals surface area contributed by atoms with E-state index in [1.807, 2.05) is 19.4 Å². The van der Waals surface area contributed by atoms with E-state index in [0.717, 1.165) is 31.5 Å². The number of aromatic nitrogens is 2. The van der Waals surface area contributed by atoms with Crippen LogP contribution < -0.4 is 5.32 Å². The summed E-state index contributed by atoms with van der Waals surface area (Å²) in [6.45, 7) is 2.03. The van der Waals surface area contributed by atoms with Crippen molar-refractivity contribution in [3.05, 3.63) is 18.0 Å². The monoisotopic (exact) mass is 207 g/mol. The predicted molar refractivity (Wildman–Crippen MR) is 57.5 cm³/mol. The molecular formula is C11H17N3O. The maximum absolute atomic E-state index is 11.6. The van der Waals surface area contributed by atoms with Crippen LogP contribution in [0.2, 0.25) is 0 Å². The van der Waals surface area contributed by atoms with Gasteiger partial charge >= 0.3 is 0 Å². The number of carbonyl (C=O) groups excluding carboxylic acids is 1. The Labute approximate surface area is 89.7 Å². The Morgan fingerprint density at radius 1 is 1.67 bits per heavy atom. The Morgan fingerprint density at radius 3 is 3.00 bits per heavy atom. The highest BCUT2D eigenvalue weighted by Gasteiger charge is 2.19. The minimum Gasteiger partial charge on any atom is -0.316 e. The number of hydrogen-bond acceptors (Lipinski definition) is 3. The van der Waals surface area contributed by atoms with Crippen molar-refractivity contribution in [2.75, 3.05) is 13.1 Å². The van der Waals surface area contributed by atoms with E-state index < -0.39 is 0 Å². The zero-order valence-corrected chi connectivity index (χ0v) is 9.07. The first kappa shape index (κ1) is 10.4. The van der Waals surface area contributed by atoms with Crippen LogP contribution in [0.1, 0.15) is 18.4 Å². The Morgan fingerprint density at radius 2 is 2.47 bits per heavy atom. The molecule has 0 aromatic carbocycles. The van der Waals surface area contributed by atoms with Gasteiger partial charge in [0.1, 0.15) is 5.78 Å². The molecule has 0 amide bonds. The SMILES string of the molecule is Cn1cc(CCC(=O)CC2CNC2)cn1. The highest BCUT2D eigenvalue weighted by atomic mass is 16.1. The Kier molecular flexibility index (Phi) is 3.16. The third kappa shape index (κ3) is 2.89. The molecule has 0 aliphatic carbocycles. The molecule has 15 heavy (non-hydrogen) atoms. The molecule has 1 aromatic heterocycles. The van der Waals surface area contributed by atoms with Gasteiger partial charge in [-0.1, -0.05) is 0 Å². The zero-order chi connectivity index (χ0) is 10.7. The fourth-order valence-corrected chi connectivity index (χ4v) is 1.80. The van der Waals surface area contributed by atoms with E-state index in [1.54, 1.807) is 4.68 Å². The number of hydrogen-bond donors (Lipinski definition) is 1. The second kappa shape index (κ2) is 4.57. The lowest BCUT2D eigenvalue weighted by Crippen LogP contribution is -2.42. The van der Waals surface area contributed by atoms with Gasteiger partial charge in [-0.2, -0.15) is 5.10 Å². The van der Waals surface area contributed by atoms with Gasteiger partial charge in [0.25, 0.3) is 0 Å². The second-order valence-corrected chi connectivity index (χ2v) is 4.29. The summed E-state index contributed by atoms with van der Waals surface area (Å²) in [7, 11) is 1.89. The lowest BCUT2D eigenvalue weighted by molar-refractivity contribution is -0.120. The summed E-state index contributed by atoms with van der Waals surface area (Å²) >= 11 is 0. The van der Waals surface area contributed by atoms with E-state index in [0.29, 0.717) is 18.1 Å². The zero-order valence-electron chi connectivity index (χ0n) is 9.07. The highest BCUT2D eigenvalue weighted by molar-refractivity contribution is 5.79. The van der Waals surface area contributed by atoms with Crippen LogP contribution in [0, 0.1) is 5.92 Å². The molecular weight excluding hydrogens is 190 g/mol. The lowest BCUT2D eigenvalue weighted by Gasteiger charge is -2.26. The molecule has 4 nitrogen and oxygen atoms in total.